The largest absolute Gasteiger partial charge is 0.313 e. The van der Waals surface area contributed by atoms with Crippen LogP contribution in [0.2, 0.25) is 0 Å². The van der Waals surface area contributed by atoms with Gasteiger partial charge in [-0.15, -0.1) is 0 Å². The molecule has 1 N–H and O–H groups in total. The van der Waals surface area contributed by atoms with Gasteiger partial charge in [0.1, 0.15) is 17.7 Å². The Bertz CT molecular complexity index is 481. The molecular formula is C13H17F2N3O. The fourth-order valence-electron chi connectivity index (χ4n) is 2.17. The molecule has 0 radical (unpaired) electrons. The van der Waals surface area contributed by atoms with Crippen molar-refractivity contribution in [3.8, 4) is 0 Å². The predicted molar refractivity (Wildman–Crippen MR) is 69.1 cm³/mol. The summed E-state index contributed by atoms with van der Waals surface area (Å²) in [6.07, 6.45) is 0. The monoisotopic (exact) mass is 269 g/mol. The van der Waals surface area contributed by atoms with Gasteiger partial charge in [0.25, 0.3) is 0 Å². The third-order valence-electron chi connectivity index (χ3n) is 3.40. The van der Waals surface area contributed by atoms with Gasteiger partial charge >= 0.3 is 0 Å². The summed E-state index contributed by atoms with van der Waals surface area (Å²) in [5.74, 6) is -1.42. The number of carbonyl (C=O) groups is 1. The number of piperazine rings is 1. The summed E-state index contributed by atoms with van der Waals surface area (Å²) in [5, 5.41) is 3.12. The van der Waals surface area contributed by atoms with Crippen molar-refractivity contribution < 1.29 is 13.6 Å². The fraction of sp³-hybridized carbons (Fsp3) is 0.462. The second-order valence-corrected chi connectivity index (χ2v) is 4.69. The highest BCUT2D eigenvalue weighted by molar-refractivity contribution is 5.97. The molecule has 0 saturated carbocycles. The lowest BCUT2D eigenvalue weighted by Gasteiger charge is -2.34. The summed E-state index contributed by atoms with van der Waals surface area (Å²) in [4.78, 5) is 15.4. The smallest absolute Gasteiger partial charge is 0.245 e. The van der Waals surface area contributed by atoms with Gasteiger partial charge in [0.05, 0.1) is 5.69 Å². The SMILES string of the molecule is CN(C(=O)C1CNCCN1C)c1cc(F)ccc1F. The van der Waals surface area contributed by atoms with Gasteiger partial charge in [-0.05, 0) is 19.2 Å². The fourth-order valence-corrected chi connectivity index (χ4v) is 2.17. The van der Waals surface area contributed by atoms with Crippen molar-refractivity contribution in [1.29, 1.82) is 0 Å². The van der Waals surface area contributed by atoms with Crippen molar-refractivity contribution in [2.75, 3.05) is 38.6 Å². The summed E-state index contributed by atoms with van der Waals surface area (Å²) < 4.78 is 26.8. The molecular weight excluding hydrogens is 252 g/mol. The van der Waals surface area contributed by atoms with Crippen molar-refractivity contribution in [2.45, 2.75) is 6.04 Å². The first kappa shape index (κ1) is 13.9. The normalized spacial score (nSPS) is 20.3. The molecule has 1 fully saturated rings. The lowest BCUT2D eigenvalue weighted by molar-refractivity contribution is -0.123. The van der Waals surface area contributed by atoms with E-state index in [2.05, 4.69) is 5.32 Å². The van der Waals surface area contributed by atoms with Crippen molar-refractivity contribution >= 4 is 11.6 Å². The highest BCUT2D eigenvalue weighted by Gasteiger charge is 2.29. The molecule has 0 aromatic heterocycles. The van der Waals surface area contributed by atoms with Gasteiger partial charge in [-0.2, -0.15) is 0 Å². The number of nitrogens with zero attached hydrogens (tertiary/aromatic N) is 2. The van der Waals surface area contributed by atoms with Crippen molar-refractivity contribution in [3.63, 3.8) is 0 Å². The molecule has 1 aliphatic heterocycles. The maximum atomic E-state index is 13.7. The summed E-state index contributed by atoms with van der Waals surface area (Å²) >= 11 is 0. The quantitative estimate of drug-likeness (QED) is 0.864. The number of nitrogens with one attached hydrogen (secondary N) is 1. The predicted octanol–water partition coefficient (Wildman–Crippen LogP) is 0.831. The van der Waals surface area contributed by atoms with E-state index in [4.69, 9.17) is 0 Å². The zero-order valence-corrected chi connectivity index (χ0v) is 11.0. The van der Waals surface area contributed by atoms with Crippen molar-refractivity contribution in [3.05, 3.63) is 29.8 Å². The van der Waals surface area contributed by atoms with Gasteiger partial charge in [-0.1, -0.05) is 0 Å². The van der Waals surface area contributed by atoms with E-state index in [0.717, 1.165) is 31.3 Å². The molecule has 0 bridgehead atoms. The number of anilines is 1. The summed E-state index contributed by atoms with van der Waals surface area (Å²) in [7, 11) is 3.31. The standard InChI is InChI=1S/C13H17F2N3O/c1-17-6-5-16-8-12(17)13(19)18(2)11-7-9(14)3-4-10(11)15/h3-4,7,12,16H,5-6,8H2,1-2H3. The Labute approximate surface area is 111 Å². The lowest BCUT2D eigenvalue weighted by atomic mass is 10.1. The average molecular weight is 269 g/mol. The number of rotatable bonds is 2. The van der Waals surface area contributed by atoms with E-state index in [1.807, 2.05) is 11.9 Å². The molecule has 104 valence electrons. The molecule has 1 aromatic rings. The zero-order chi connectivity index (χ0) is 14.0. The molecule has 1 amide bonds. The van der Waals surface area contributed by atoms with E-state index >= 15 is 0 Å². The number of carbonyl (C=O) groups excluding carboxylic acids is 1. The topological polar surface area (TPSA) is 35.6 Å². The Morgan fingerprint density at radius 1 is 1.47 bits per heavy atom. The van der Waals surface area contributed by atoms with Crippen LogP contribution in [0.25, 0.3) is 0 Å². The van der Waals surface area contributed by atoms with Gasteiger partial charge in [-0.25, -0.2) is 8.78 Å². The Hall–Kier alpha value is -1.53. The third kappa shape index (κ3) is 2.90. The first-order valence-corrected chi connectivity index (χ1v) is 6.14. The van der Waals surface area contributed by atoms with Crippen LogP contribution in [0.3, 0.4) is 0 Å². The summed E-state index contributed by atoms with van der Waals surface area (Å²) in [6.45, 7) is 2.07. The number of hydrogen-bond acceptors (Lipinski definition) is 3. The van der Waals surface area contributed by atoms with Crippen LogP contribution in [0.4, 0.5) is 14.5 Å². The minimum Gasteiger partial charge on any atom is -0.313 e. The molecule has 1 saturated heterocycles. The molecule has 2 rings (SSSR count). The van der Waals surface area contributed by atoms with E-state index < -0.39 is 11.6 Å². The Morgan fingerprint density at radius 2 is 2.21 bits per heavy atom. The molecule has 19 heavy (non-hydrogen) atoms. The minimum absolute atomic E-state index is 0.0380. The lowest BCUT2D eigenvalue weighted by Crippen LogP contribution is -2.56. The second-order valence-electron chi connectivity index (χ2n) is 4.69. The van der Waals surface area contributed by atoms with E-state index in [1.54, 1.807) is 0 Å². The van der Waals surface area contributed by atoms with Crippen LogP contribution in [0.5, 0.6) is 0 Å². The number of benzene rings is 1. The van der Waals surface area contributed by atoms with E-state index in [0.29, 0.717) is 6.54 Å². The Morgan fingerprint density at radius 3 is 2.89 bits per heavy atom. The summed E-state index contributed by atoms with van der Waals surface area (Å²) in [5.41, 5.74) is -0.0380. The molecule has 6 heteroatoms. The first-order chi connectivity index (χ1) is 9.00. The molecule has 1 aliphatic rings. The van der Waals surface area contributed by atoms with Crippen LogP contribution < -0.4 is 10.2 Å². The molecule has 0 spiro atoms. The number of likely N-dealkylation sites (N-methyl/N-ethyl adjacent to an activating group) is 2. The van der Waals surface area contributed by atoms with Gasteiger partial charge in [0, 0.05) is 32.7 Å². The summed E-state index contributed by atoms with van der Waals surface area (Å²) in [6, 6.07) is 2.73. The maximum Gasteiger partial charge on any atom is 0.245 e. The van der Waals surface area contributed by atoms with Crippen LogP contribution in [0.15, 0.2) is 18.2 Å². The van der Waals surface area contributed by atoms with E-state index in [-0.39, 0.29) is 17.6 Å². The minimum atomic E-state index is -0.608. The molecule has 1 aromatic carbocycles. The van der Waals surface area contributed by atoms with Crippen LogP contribution in [0.1, 0.15) is 0 Å². The van der Waals surface area contributed by atoms with Crippen molar-refractivity contribution in [2.24, 2.45) is 0 Å². The third-order valence-corrected chi connectivity index (χ3v) is 3.40. The number of hydrogen-bond donors (Lipinski definition) is 1. The van der Waals surface area contributed by atoms with Gasteiger partial charge in [0.15, 0.2) is 0 Å². The number of amides is 1. The van der Waals surface area contributed by atoms with Gasteiger partial charge < -0.3 is 10.2 Å². The van der Waals surface area contributed by atoms with E-state index in [1.165, 1.54) is 11.9 Å². The highest BCUT2D eigenvalue weighted by Crippen LogP contribution is 2.20. The van der Waals surface area contributed by atoms with Crippen LogP contribution in [-0.4, -0.2) is 50.6 Å². The first-order valence-electron chi connectivity index (χ1n) is 6.14. The highest BCUT2D eigenvalue weighted by atomic mass is 19.1. The molecule has 1 heterocycles. The van der Waals surface area contributed by atoms with Crippen LogP contribution >= 0.6 is 0 Å². The van der Waals surface area contributed by atoms with Crippen LogP contribution in [-0.2, 0) is 4.79 Å². The maximum absolute atomic E-state index is 13.7. The van der Waals surface area contributed by atoms with Crippen molar-refractivity contribution in [1.82, 2.24) is 10.2 Å². The molecule has 0 aliphatic carbocycles. The van der Waals surface area contributed by atoms with Gasteiger partial charge in [0.2, 0.25) is 5.91 Å². The molecule has 4 nitrogen and oxygen atoms in total. The molecule has 1 unspecified atom stereocenters. The van der Waals surface area contributed by atoms with Crippen LogP contribution in [0, 0.1) is 11.6 Å². The second kappa shape index (κ2) is 5.63. The Kier molecular flexibility index (Phi) is 4.11. The zero-order valence-electron chi connectivity index (χ0n) is 11.0. The molecule has 1 atom stereocenters. The average Bonchev–Trinajstić information content (AvgIpc) is 2.40. The number of halogens is 2. The van der Waals surface area contributed by atoms with E-state index in [9.17, 15) is 13.6 Å². The Balaban J connectivity index is 2.20. The van der Waals surface area contributed by atoms with Gasteiger partial charge in [-0.3, -0.25) is 9.69 Å².